The molecule has 2 aliphatic heterocycles. The predicted molar refractivity (Wildman–Crippen MR) is 82.9 cm³/mol. The average molecular weight is 280 g/mol. The second-order valence-corrected chi connectivity index (χ2v) is 6.83. The molecule has 21 heavy (non-hydrogen) atoms. The van der Waals surface area contributed by atoms with Gasteiger partial charge in [-0.05, 0) is 43.9 Å². The molecule has 1 aliphatic carbocycles. The Morgan fingerprint density at radius 2 is 2.10 bits per heavy atom. The maximum Gasteiger partial charge on any atom is 0.231 e. The van der Waals surface area contributed by atoms with Crippen LogP contribution in [-0.4, -0.2) is 23.1 Å². The van der Waals surface area contributed by atoms with Crippen LogP contribution in [0.4, 0.5) is 0 Å². The Morgan fingerprint density at radius 3 is 3.05 bits per heavy atom. The van der Waals surface area contributed by atoms with Gasteiger partial charge in [0, 0.05) is 35.4 Å². The summed E-state index contributed by atoms with van der Waals surface area (Å²) in [7, 11) is 0. The van der Waals surface area contributed by atoms with Crippen molar-refractivity contribution in [3.63, 3.8) is 0 Å². The first kappa shape index (κ1) is 12.0. The maximum atomic E-state index is 12.5. The lowest BCUT2D eigenvalue weighted by Crippen LogP contribution is -2.45. The van der Waals surface area contributed by atoms with Gasteiger partial charge in [-0.3, -0.25) is 9.36 Å². The Balaban J connectivity index is 1.86. The monoisotopic (exact) mass is 280 g/mol. The Bertz CT molecular complexity index is 745. The molecule has 3 aliphatic rings. The largest absolute Gasteiger partial charge is 0.313 e. The summed E-state index contributed by atoms with van der Waals surface area (Å²) in [4.78, 5) is 12.5. The van der Waals surface area contributed by atoms with Crippen molar-refractivity contribution in [1.82, 2.24) is 9.88 Å². The number of para-hydroxylation sites is 1. The predicted octanol–water partition coefficient (Wildman–Crippen LogP) is 3.40. The van der Waals surface area contributed by atoms with E-state index in [1.807, 2.05) is 0 Å². The number of aromatic nitrogens is 1. The molecular formula is C18H20N2O. The first-order chi connectivity index (χ1) is 10.3. The van der Waals surface area contributed by atoms with Crippen LogP contribution >= 0.6 is 0 Å². The van der Waals surface area contributed by atoms with Gasteiger partial charge in [0.25, 0.3) is 0 Å². The molecule has 5 rings (SSSR count). The van der Waals surface area contributed by atoms with E-state index in [1.165, 1.54) is 35.9 Å². The number of carbonyl (C=O) groups excluding carboxylic acids is 1. The van der Waals surface area contributed by atoms with Gasteiger partial charge in [-0.1, -0.05) is 18.2 Å². The number of hydrogen-bond acceptors (Lipinski definition) is 2. The molecule has 0 unspecified atom stereocenters. The topological polar surface area (TPSA) is 34.0 Å². The molecule has 2 aromatic rings. The van der Waals surface area contributed by atoms with Gasteiger partial charge in [-0.2, -0.15) is 0 Å². The van der Waals surface area contributed by atoms with Crippen LogP contribution in [-0.2, 0) is 0 Å². The molecule has 0 spiro atoms. The van der Waals surface area contributed by atoms with Crippen molar-refractivity contribution in [1.29, 1.82) is 0 Å². The van der Waals surface area contributed by atoms with E-state index in [0.29, 0.717) is 30.2 Å². The number of carbonyl (C=O) groups is 1. The third-order valence-corrected chi connectivity index (χ3v) is 5.79. The molecule has 1 saturated heterocycles. The van der Waals surface area contributed by atoms with Crippen LogP contribution in [0, 0.1) is 0 Å². The average Bonchev–Trinajstić information content (AvgIpc) is 2.88. The maximum absolute atomic E-state index is 12.5. The Labute approximate surface area is 124 Å². The lowest BCUT2D eigenvalue weighted by atomic mass is 9.71. The van der Waals surface area contributed by atoms with Crippen LogP contribution in [0.3, 0.4) is 0 Å². The normalized spacial score (nSPS) is 31.0. The Hall–Kier alpha value is -1.61. The number of nitrogens with zero attached hydrogens (tertiary/aromatic N) is 1. The summed E-state index contributed by atoms with van der Waals surface area (Å²) in [5, 5.41) is 5.07. The minimum Gasteiger partial charge on any atom is -0.313 e. The van der Waals surface area contributed by atoms with Crippen LogP contribution in [0.5, 0.6) is 0 Å². The van der Waals surface area contributed by atoms with E-state index in [9.17, 15) is 4.79 Å². The molecule has 1 aromatic heterocycles. The minimum atomic E-state index is 0.297. The van der Waals surface area contributed by atoms with Crippen molar-refractivity contribution >= 4 is 16.8 Å². The molecule has 3 atom stereocenters. The van der Waals surface area contributed by atoms with Gasteiger partial charge in [0.15, 0.2) is 0 Å². The zero-order valence-corrected chi connectivity index (χ0v) is 12.1. The second kappa shape index (κ2) is 4.20. The van der Waals surface area contributed by atoms with E-state index < -0.39 is 0 Å². The van der Waals surface area contributed by atoms with E-state index in [0.717, 1.165) is 18.5 Å². The lowest BCUT2D eigenvalue weighted by molar-refractivity contribution is 0.0871. The van der Waals surface area contributed by atoms with E-state index in [4.69, 9.17) is 0 Å². The smallest absolute Gasteiger partial charge is 0.231 e. The van der Waals surface area contributed by atoms with Crippen molar-refractivity contribution in [2.24, 2.45) is 0 Å². The lowest BCUT2D eigenvalue weighted by Gasteiger charge is -2.42. The number of fused-ring (bicyclic) bond motifs is 5. The van der Waals surface area contributed by atoms with Gasteiger partial charge in [-0.15, -0.1) is 0 Å². The molecule has 0 amide bonds. The number of hydrogen-bond donors (Lipinski definition) is 1. The van der Waals surface area contributed by atoms with Gasteiger partial charge in [0.2, 0.25) is 5.91 Å². The van der Waals surface area contributed by atoms with Crippen molar-refractivity contribution < 1.29 is 4.79 Å². The highest BCUT2D eigenvalue weighted by atomic mass is 16.2. The third-order valence-electron chi connectivity index (χ3n) is 5.79. The third kappa shape index (κ3) is 1.50. The quantitative estimate of drug-likeness (QED) is 0.802. The Kier molecular flexibility index (Phi) is 2.40. The summed E-state index contributed by atoms with van der Waals surface area (Å²) in [6.45, 7) is 1.15. The van der Waals surface area contributed by atoms with E-state index in [1.54, 1.807) is 0 Å². The van der Waals surface area contributed by atoms with Crippen LogP contribution in [0.2, 0.25) is 0 Å². The highest BCUT2D eigenvalue weighted by Gasteiger charge is 2.42. The molecule has 108 valence electrons. The van der Waals surface area contributed by atoms with Crippen LogP contribution < -0.4 is 5.32 Å². The zero-order valence-electron chi connectivity index (χ0n) is 12.1. The van der Waals surface area contributed by atoms with Crippen LogP contribution in [0.1, 0.15) is 60.0 Å². The first-order valence-electron chi connectivity index (χ1n) is 8.24. The molecule has 1 fully saturated rings. The van der Waals surface area contributed by atoms with Gasteiger partial charge < -0.3 is 5.32 Å². The molecule has 3 heteroatoms. The molecule has 0 bridgehead atoms. The SMILES string of the molecule is O=C1CC[C@H]2C[C@@H]3NCCC[C@@H]3c3c2n1c1ccccc31. The zero-order chi connectivity index (χ0) is 14.0. The van der Waals surface area contributed by atoms with Crippen molar-refractivity contribution in [2.75, 3.05) is 6.54 Å². The number of rotatable bonds is 0. The summed E-state index contributed by atoms with van der Waals surface area (Å²) in [6, 6.07) is 9.13. The van der Waals surface area contributed by atoms with Crippen LogP contribution in [0.25, 0.3) is 10.9 Å². The fourth-order valence-electron chi connectivity index (χ4n) is 4.97. The summed E-state index contributed by atoms with van der Waals surface area (Å²) >= 11 is 0. The van der Waals surface area contributed by atoms with E-state index >= 15 is 0 Å². The van der Waals surface area contributed by atoms with Gasteiger partial charge in [0.05, 0.1) is 5.52 Å². The summed E-state index contributed by atoms with van der Waals surface area (Å²) < 4.78 is 2.06. The summed E-state index contributed by atoms with van der Waals surface area (Å²) in [6.07, 6.45) is 5.46. The number of nitrogens with one attached hydrogen (secondary N) is 1. The molecular weight excluding hydrogens is 260 g/mol. The van der Waals surface area contributed by atoms with E-state index in [2.05, 4.69) is 34.1 Å². The summed E-state index contributed by atoms with van der Waals surface area (Å²) in [5.41, 5.74) is 3.99. The van der Waals surface area contributed by atoms with Crippen molar-refractivity contribution in [3.05, 3.63) is 35.5 Å². The van der Waals surface area contributed by atoms with Crippen molar-refractivity contribution in [2.45, 2.75) is 50.0 Å². The minimum absolute atomic E-state index is 0.297. The highest BCUT2D eigenvalue weighted by molar-refractivity contribution is 5.97. The molecule has 1 N–H and O–H groups in total. The number of piperidine rings is 1. The molecule has 0 saturated carbocycles. The standard InChI is InChI=1S/C18H20N2O/c21-16-8-7-11-10-14-12(5-3-9-19-14)17-13-4-1-2-6-15(13)20(16)18(11)17/h1-2,4,6,11-12,14,19H,3,5,7-10H2/t11-,12-,14-/m0/s1. The number of benzene rings is 1. The Morgan fingerprint density at radius 1 is 1.19 bits per heavy atom. The molecule has 1 aromatic carbocycles. The fourth-order valence-corrected chi connectivity index (χ4v) is 4.97. The van der Waals surface area contributed by atoms with Gasteiger partial charge in [-0.25, -0.2) is 0 Å². The van der Waals surface area contributed by atoms with Crippen LogP contribution in [0.15, 0.2) is 24.3 Å². The first-order valence-corrected chi connectivity index (χ1v) is 8.24. The van der Waals surface area contributed by atoms with Gasteiger partial charge >= 0.3 is 0 Å². The summed E-state index contributed by atoms with van der Waals surface area (Å²) in [5.74, 6) is 1.46. The highest BCUT2D eigenvalue weighted by Crippen LogP contribution is 2.50. The van der Waals surface area contributed by atoms with Gasteiger partial charge in [0.1, 0.15) is 0 Å². The molecule has 0 radical (unpaired) electrons. The van der Waals surface area contributed by atoms with Crippen molar-refractivity contribution in [3.8, 4) is 0 Å². The molecule has 3 heterocycles. The van der Waals surface area contributed by atoms with E-state index in [-0.39, 0.29) is 0 Å². The second-order valence-electron chi connectivity index (χ2n) is 6.83. The fraction of sp³-hybridized carbons (Fsp3) is 0.500. The molecule has 3 nitrogen and oxygen atoms in total.